The van der Waals surface area contributed by atoms with Crippen LogP contribution in [0.3, 0.4) is 0 Å². The second-order valence-corrected chi connectivity index (χ2v) is 5.66. The minimum absolute atomic E-state index is 0.00205. The van der Waals surface area contributed by atoms with Gasteiger partial charge in [0.2, 0.25) is 0 Å². The van der Waals surface area contributed by atoms with Crippen LogP contribution < -0.4 is 14.8 Å². The molecule has 1 saturated heterocycles. The molecule has 0 aliphatic carbocycles. The van der Waals surface area contributed by atoms with Crippen molar-refractivity contribution in [2.75, 3.05) is 25.1 Å². The first-order valence-corrected chi connectivity index (χ1v) is 7.82. The second-order valence-electron chi connectivity index (χ2n) is 5.66. The lowest BCUT2D eigenvalue weighted by Gasteiger charge is -2.24. The van der Waals surface area contributed by atoms with Crippen LogP contribution in [0.2, 0.25) is 0 Å². The molecule has 2 aliphatic rings. The molecule has 1 atom stereocenters. The van der Waals surface area contributed by atoms with Crippen molar-refractivity contribution in [2.45, 2.75) is 18.9 Å². The molecule has 0 saturated carbocycles. The number of fused-ring (bicyclic) bond motifs is 1. The minimum atomic E-state index is -0.124. The molecule has 6 heteroatoms. The molecule has 2 aromatic rings. The zero-order chi connectivity index (χ0) is 15.6. The molecule has 23 heavy (non-hydrogen) atoms. The summed E-state index contributed by atoms with van der Waals surface area (Å²) >= 11 is 0. The fraction of sp³-hybridized carbons (Fsp3) is 0.353. The molecular weight excluding hydrogens is 296 g/mol. The van der Waals surface area contributed by atoms with Gasteiger partial charge in [-0.25, -0.2) is 4.79 Å². The highest BCUT2D eigenvalue weighted by Crippen LogP contribution is 2.35. The predicted molar refractivity (Wildman–Crippen MR) is 83.8 cm³/mol. The summed E-state index contributed by atoms with van der Waals surface area (Å²) in [5.41, 5.74) is 0.698. The monoisotopic (exact) mass is 314 g/mol. The Morgan fingerprint density at radius 2 is 2.04 bits per heavy atom. The van der Waals surface area contributed by atoms with E-state index in [0.29, 0.717) is 30.4 Å². The summed E-state index contributed by atoms with van der Waals surface area (Å²) < 4.78 is 16.5. The Morgan fingerprint density at radius 3 is 2.87 bits per heavy atom. The SMILES string of the molecule is O=C(Nc1ccc2c(c1)OCCO2)N1CCCC1c1ccco1. The van der Waals surface area contributed by atoms with Crippen LogP contribution >= 0.6 is 0 Å². The van der Waals surface area contributed by atoms with Gasteiger partial charge in [-0.1, -0.05) is 0 Å². The zero-order valence-electron chi connectivity index (χ0n) is 12.7. The van der Waals surface area contributed by atoms with E-state index in [1.54, 1.807) is 12.3 Å². The molecule has 4 rings (SSSR count). The van der Waals surface area contributed by atoms with Crippen LogP contribution in [-0.2, 0) is 0 Å². The molecule has 6 nitrogen and oxygen atoms in total. The molecule has 0 bridgehead atoms. The first-order valence-electron chi connectivity index (χ1n) is 7.82. The predicted octanol–water partition coefficient (Wildman–Crippen LogP) is 3.42. The number of rotatable bonds is 2. The molecule has 2 aliphatic heterocycles. The summed E-state index contributed by atoms with van der Waals surface area (Å²) in [6, 6.07) is 9.08. The number of hydrogen-bond donors (Lipinski definition) is 1. The van der Waals surface area contributed by atoms with Gasteiger partial charge >= 0.3 is 6.03 Å². The van der Waals surface area contributed by atoms with E-state index in [1.807, 2.05) is 29.2 Å². The lowest BCUT2D eigenvalue weighted by molar-refractivity contribution is 0.171. The summed E-state index contributed by atoms with van der Waals surface area (Å²) in [5, 5.41) is 2.94. The van der Waals surface area contributed by atoms with Gasteiger partial charge in [-0.2, -0.15) is 0 Å². The third-order valence-electron chi connectivity index (χ3n) is 4.18. The number of furan rings is 1. The van der Waals surface area contributed by atoms with E-state index in [-0.39, 0.29) is 12.1 Å². The average Bonchev–Trinajstić information content (AvgIpc) is 3.25. The Labute approximate surface area is 134 Å². The van der Waals surface area contributed by atoms with Gasteiger partial charge in [0.05, 0.1) is 12.3 Å². The normalized spacial score (nSPS) is 19.7. The number of urea groups is 1. The minimum Gasteiger partial charge on any atom is -0.486 e. The van der Waals surface area contributed by atoms with Gasteiger partial charge in [0.25, 0.3) is 0 Å². The van der Waals surface area contributed by atoms with Crippen LogP contribution in [0.25, 0.3) is 0 Å². The quantitative estimate of drug-likeness (QED) is 0.922. The Hall–Kier alpha value is -2.63. The second kappa shape index (κ2) is 5.87. The maximum atomic E-state index is 12.6. The topological polar surface area (TPSA) is 63.9 Å². The van der Waals surface area contributed by atoms with Crippen LogP contribution in [0.5, 0.6) is 11.5 Å². The van der Waals surface area contributed by atoms with Crippen LogP contribution in [0.15, 0.2) is 41.0 Å². The van der Waals surface area contributed by atoms with Crippen LogP contribution in [0.1, 0.15) is 24.6 Å². The molecule has 1 unspecified atom stereocenters. The summed E-state index contributed by atoms with van der Waals surface area (Å²) in [7, 11) is 0. The number of benzene rings is 1. The van der Waals surface area contributed by atoms with Crippen molar-refractivity contribution in [1.82, 2.24) is 4.90 Å². The number of ether oxygens (including phenoxy) is 2. The summed E-state index contributed by atoms with van der Waals surface area (Å²) in [5.74, 6) is 2.21. The van der Waals surface area contributed by atoms with E-state index in [4.69, 9.17) is 13.9 Å². The third kappa shape index (κ3) is 2.72. The number of amides is 2. The molecule has 1 N–H and O–H groups in total. The van der Waals surface area contributed by atoms with Crippen molar-refractivity contribution in [2.24, 2.45) is 0 Å². The Balaban J connectivity index is 1.49. The summed E-state index contributed by atoms with van der Waals surface area (Å²) in [6.07, 6.45) is 3.53. The van der Waals surface area contributed by atoms with Gasteiger partial charge in [0, 0.05) is 18.3 Å². The number of hydrogen-bond acceptors (Lipinski definition) is 4. The highest BCUT2D eigenvalue weighted by atomic mass is 16.6. The van der Waals surface area contributed by atoms with Crippen molar-refractivity contribution in [3.63, 3.8) is 0 Å². The van der Waals surface area contributed by atoms with E-state index < -0.39 is 0 Å². The molecule has 3 heterocycles. The Bertz CT molecular complexity index is 699. The lowest BCUT2D eigenvalue weighted by atomic mass is 10.2. The summed E-state index contributed by atoms with van der Waals surface area (Å²) in [6.45, 7) is 1.80. The fourth-order valence-electron chi connectivity index (χ4n) is 3.10. The number of carbonyl (C=O) groups excluding carboxylic acids is 1. The first-order chi connectivity index (χ1) is 11.3. The van der Waals surface area contributed by atoms with Crippen molar-refractivity contribution in [1.29, 1.82) is 0 Å². The molecule has 1 aromatic heterocycles. The molecule has 0 spiro atoms. The van der Waals surface area contributed by atoms with E-state index >= 15 is 0 Å². The van der Waals surface area contributed by atoms with Crippen LogP contribution in [-0.4, -0.2) is 30.7 Å². The lowest BCUT2D eigenvalue weighted by Crippen LogP contribution is -2.34. The Kier molecular flexibility index (Phi) is 3.57. The third-order valence-corrected chi connectivity index (χ3v) is 4.18. The highest BCUT2D eigenvalue weighted by Gasteiger charge is 2.31. The molecule has 0 radical (unpaired) electrons. The van der Waals surface area contributed by atoms with Crippen molar-refractivity contribution in [3.05, 3.63) is 42.4 Å². The zero-order valence-corrected chi connectivity index (χ0v) is 12.7. The van der Waals surface area contributed by atoms with E-state index in [1.165, 1.54) is 0 Å². The van der Waals surface area contributed by atoms with E-state index in [0.717, 1.165) is 25.1 Å². The van der Waals surface area contributed by atoms with Gasteiger partial charge in [-0.3, -0.25) is 0 Å². The van der Waals surface area contributed by atoms with Gasteiger partial charge in [-0.05, 0) is 37.1 Å². The molecule has 1 aromatic carbocycles. The van der Waals surface area contributed by atoms with Crippen LogP contribution in [0.4, 0.5) is 10.5 Å². The van der Waals surface area contributed by atoms with Crippen LogP contribution in [0, 0.1) is 0 Å². The number of nitrogens with one attached hydrogen (secondary N) is 1. The molecule has 2 amide bonds. The first kappa shape index (κ1) is 14.0. The van der Waals surface area contributed by atoms with Crippen molar-refractivity contribution in [3.8, 4) is 11.5 Å². The molecular formula is C17H18N2O4. The Morgan fingerprint density at radius 1 is 1.17 bits per heavy atom. The maximum Gasteiger partial charge on any atom is 0.322 e. The summed E-state index contributed by atoms with van der Waals surface area (Å²) in [4.78, 5) is 14.4. The number of likely N-dealkylation sites (tertiary alicyclic amines) is 1. The largest absolute Gasteiger partial charge is 0.486 e. The fourth-order valence-corrected chi connectivity index (χ4v) is 3.10. The number of anilines is 1. The maximum absolute atomic E-state index is 12.6. The molecule has 1 fully saturated rings. The number of carbonyl (C=O) groups is 1. The highest BCUT2D eigenvalue weighted by molar-refractivity contribution is 5.90. The number of nitrogens with zero attached hydrogens (tertiary/aromatic N) is 1. The van der Waals surface area contributed by atoms with Gasteiger partial charge in [0.15, 0.2) is 11.5 Å². The van der Waals surface area contributed by atoms with Gasteiger partial charge in [-0.15, -0.1) is 0 Å². The van der Waals surface area contributed by atoms with E-state index in [9.17, 15) is 4.79 Å². The average molecular weight is 314 g/mol. The van der Waals surface area contributed by atoms with E-state index in [2.05, 4.69) is 5.32 Å². The van der Waals surface area contributed by atoms with Gasteiger partial charge < -0.3 is 24.1 Å². The van der Waals surface area contributed by atoms with Crippen molar-refractivity contribution < 1.29 is 18.7 Å². The smallest absolute Gasteiger partial charge is 0.322 e. The van der Waals surface area contributed by atoms with Crippen molar-refractivity contribution >= 4 is 11.7 Å². The molecule has 120 valence electrons. The van der Waals surface area contributed by atoms with Gasteiger partial charge in [0.1, 0.15) is 19.0 Å². The standard InChI is InChI=1S/C17H18N2O4/c20-17(19-7-1-3-13(19)14-4-2-8-21-14)18-12-5-6-15-16(11-12)23-10-9-22-15/h2,4-6,8,11,13H,1,3,7,9-10H2,(H,18,20).